The molecule has 0 bridgehead atoms. The van der Waals surface area contributed by atoms with Crippen LogP contribution in [-0.2, 0) is 4.74 Å². The second kappa shape index (κ2) is 4.44. The van der Waals surface area contributed by atoms with E-state index < -0.39 is 0 Å². The lowest BCUT2D eigenvalue weighted by Crippen LogP contribution is -1.94. The molecule has 15 heavy (non-hydrogen) atoms. The molecular weight excluding hydrogens is 258 g/mol. The van der Waals surface area contributed by atoms with Crippen LogP contribution in [-0.4, -0.2) is 21.6 Å². The fourth-order valence-corrected chi connectivity index (χ4v) is 1.62. The Morgan fingerprint density at radius 1 is 1.53 bits per heavy atom. The maximum absolute atomic E-state index is 5.17. The van der Waals surface area contributed by atoms with Crippen LogP contribution in [0.2, 0.25) is 0 Å². The van der Waals surface area contributed by atoms with Crippen LogP contribution in [0.15, 0.2) is 30.5 Å². The molecule has 2 aromatic rings. The molecular formula is C10H10BrN3O. The van der Waals surface area contributed by atoms with Gasteiger partial charge in [0.1, 0.15) is 16.4 Å². The molecule has 1 aromatic carbocycles. The summed E-state index contributed by atoms with van der Waals surface area (Å²) in [6.07, 6.45) is 1.61. The van der Waals surface area contributed by atoms with E-state index in [0.29, 0.717) is 6.61 Å². The average Bonchev–Trinajstić information content (AvgIpc) is 2.69. The number of ether oxygens (including phenoxy) is 1. The Hall–Kier alpha value is -1.36. The van der Waals surface area contributed by atoms with Gasteiger partial charge in [0, 0.05) is 0 Å². The lowest BCUT2D eigenvalue weighted by molar-refractivity contribution is 0.270. The molecule has 0 saturated heterocycles. The summed E-state index contributed by atoms with van der Waals surface area (Å²) in [7, 11) is 0. The second-order valence-corrected chi connectivity index (χ2v) is 3.70. The molecule has 5 heteroatoms. The first-order valence-electron chi connectivity index (χ1n) is 4.61. The zero-order valence-electron chi connectivity index (χ0n) is 8.22. The quantitative estimate of drug-likeness (QED) is 0.803. The molecule has 2 rings (SSSR count). The van der Waals surface area contributed by atoms with E-state index in [1.165, 1.54) is 0 Å². The molecule has 0 spiro atoms. The number of nitrogens with zero attached hydrogens (tertiary/aromatic N) is 3. The van der Waals surface area contributed by atoms with Gasteiger partial charge in [-0.25, -0.2) is 4.68 Å². The number of fused-ring (bicyclic) bond motifs is 1. The average molecular weight is 268 g/mol. The number of para-hydroxylation sites is 1. The van der Waals surface area contributed by atoms with Gasteiger partial charge in [0.05, 0.1) is 12.1 Å². The van der Waals surface area contributed by atoms with Gasteiger partial charge in [-0.05, 0) is 35.0 Å². The highest BCUT2D eigenvalue weighted by atomic mass is 79.9. The second-order valence-electron chi connectivity index (χ2n) is 2.89. The molecule has 0 fully saturated rings. The molecule has 0 aliphatic carbocycles. The Labute approximate surface area is 95.7 Å². The summed E-state index contributed by atoms with van der Waals surface area (Å²) < 4.78 is 7.59. The van der Waals surface area contributed by atoms with Crippen molar-refractivity contribution in [3.63, 3.8) is 0 Å². The normalized spacial score (nSPS) is 12.0. The summed E-state index contributed by atoms with van der Waals surface area (Å²) in [6.45, 7) is 2.55. The van der Waals surface area contributed by atoms with E-state index in [-0.39, 0.29) is 0 Å². The third kappa shape index (κ3) is 2.02. The molecule has 78 valence electrons. The summed E-state index contributed by atoms with van der Waals surface area (Å²) in [5, 5.41) is 8.05. The van der Waals surface area contributed by atoms with Crippen molar-refractivity contribution in [1.82, 2.24) is 15.0 Å². The SMILES string of the molecule is CCO/C=C(\Br)n1nnc2ccccc21. The molecule has 4 nitrogen and oxygen atoms in total. The highest BCUT2D eigenvalue weighted by Crippen LogP contribution is 2.18. The van der Waals surface area contributed by atoms with Gasteiger partial charge >= 0.3 is 0 Å². The molecule has 0 aliphatic heterocycles. The monoisotopic (exact) mass is 267 g/mol. The van der Waals surface area contributed by atoms with Gasteiger partial charge in [-0.15, -0.1) is 5.10 Å². The molecule has 1 aromatic heterocycles. The number of hydrogen-bond acceptors (Lipinski definition) is 3. The number of halogens is 1. The fourth-order valence-electron chi connectivity index (χ4n) is 1.23. The first-order chi connectivity index (χ1) is 7.33. The van der Waals surface area contributed by atoms with E-state index in [2.05, 4.69) is 26.2 Å². The first kappa shape index (κ1) is 10.2. The summed E-state index contributed by atoms with van der Waals surface area (Å²) >= 11 is 3.38. The van der Waals surface area contributed by atoms with Crippen LogP contribution in [0.4, 0.5) is 0 Å². The predicted molar refractivity (Wildman–Crippen MR) is 62.4 cm³/mol. The summed E-state index contributed by atoms with van der Waals surface area (Å²) in [6, 6.07) is 7.75. The van der Waals surface area contributed by atoms with Crippen LogP contribution < -0.4 is 0 Å². The molecule has 0 unspecified atom stereocenters. The molecule has 0 amide bonds. The number of benzene rings is 1. The Balaban J connectivity index is 2.43. The maximum atomic E-state index is 5.17. The van der Waals surface area contributed by atoms with Gasteiger partial charge in [-0.3, -0.25) is 0 Å². The van der Waals surface area contributed by atoms with Crippen molar-refractivity contribution in [3.05, 3.63) is 30.5 Å². The van der Waals surface area contributed by atoms with E-state index in [9.17, 15) is 0 Å². The summed E-state index contributed by atoms with van der Waals surface area (Å²) in [5.74, 6) is 0. The summed E-state index contributed by atoms with van der Waals surface area (Å²) in [5.41, 5.74) is 1.81. The lowest BCUT2D eigenvalue weighted by Gasteiger charge is -2.00. The van der Waals surface area contributed by atoms with Crippen molar-refractivity contribution in [2.75, 3.05) is 6.61 Å². The van der Waals surface area contributed by atoms with Gasteiger partial charge in [-0.2, -0.15) is 0 Å². The lowest BCUT2D eigenvalue weighted by atomic mass is 10.3. The van der Waals surface area contributed by atoms with Crippen molar-refractivity contribution in [2.45, 2.75) is 6.92 Å². The van der Waals surface area contributed by atoms with Crippen LogP contribution in [0.5, 0.6) is 0 Å². The van der Waals surface area contributed by atoms with Crippen molar-refractivity contribution >= 4 is 31.6 Å². The van der Waals surface area contributed by atoms with Crippen molar-refractivity contribution in [2.24, 2.45) is 0 Å². The van der Waals surface area contributed by atoms with Crippen LogP contribution in [0.3, 0.4) is 0 Å². The molecule has 0 saturated carbocycles. The zero-order valence-corrected chi connectivity index (χ0v) is 9.81. The van der Waals surface area contributed by atoms with Crippen LogP contribution >= 0.6 is 15.9 Å². The summed E-state index contributed by atoms with van der Waals surface area (Å²) in [4.78, 5) is 0. The topological polar surface area (TPSA) is 39.9 Å². The van der Waals surface area contributed by atoms with E-state index in [4.69, 9.17) is 4.74 Å². The Kier molecular flexibility index (Phi) is 3.01. The minimum atomic E-state index is 0.627. The predicted octanol–water partition coefficient (Wildman–Crippen LogP) is 2.62. The van der Waals surface area contributed by atoms with Gasteiger partial charge in [0.15, 0.2) is 0 Å². The Morgan fingerprint density at radius 3 is 3.13 bits per heavy atom. The van der Waals surface area contributed by atoms with Gasteiger partial charge < -0.3 is 4.74 Å². The minimum Gasteiger partial charge on any atom is -0.499 e. The van der Waals surface area contributed by atoms with Crippen molar-refractivity contribution in [1.29, 1.82) is 0 Å². The minimum absolute atomic E-state index is 0.627. The van der Waals surface area contributed by atoms with E-state index in [1.54, 1.807) is 10.9 Å². The first-order valence-corrected chi connectivity index (χ1v) is 5.40. The zero-order chi connectivity index (χ0) is 10.7. The standard InChI is InChI=1S/C10H10BrN3O/c1-2-15-7-10(11)14-9-6-4-3-5-8(9)12-13-14/h3-7H,2H2,1H3/b10-7+. The van der Waals surface area contributed by atoms with Crippen LogP contribution in [0.1, 0.15) is 6.92 Å². The van der Waals surface area contributed by atoms with Crippen LogP contribution in [0.25, 0.3) is 15.6 Å². The van der Waals surface area contributed by atoms with E-state index in [0.717, 1.165) is 15.6 Å². The van der Waals surface area contributed by atoms with Crippen molar-refractivity contribution in [3.8, 4) is 0 Å². The maximum Gasteiger partial charge on any atom is 0.144 e. The Bertz CT molecular complexity index is 492. The van der Waals surface area contributed by atoms with E-state index in [1.807, 2.05) is 31.2 Å². The smallest absolute Gasteiger partial charge is 0.144 e. The molecule has 0 atom stereocenters. The van der Waals surface area contributed by atoms with Crippen molar-refractivity contribution < 1.29 is 4.74 Å². The highest BCUT2D eigenvalue weighted by molar-refractivity contribution is 9.14. The Morgan fingerprint density at radius 2 is 2.33 bits per heavy atom. The largest absolute Gasteiger partial charge is 0.499 e. The van der Waals surface area contributed by atoms with Crippen LogP contribution in [0, 0.1) is 0 Å². The number of aromatic nitrogens is 3. The van der Waals surface area contributed by atoms with Gasteiger partial charge in [0.25, 0.3) is 0 Å². The number of hydrogen-bond donors (Lipinski definition) is 0. The van der Waals surface area contributed by atoms with Gasteiger partial charge in [0.2, 0.25) is 0 Å². The highest BCUT2D eigenvalue weighted by Gasteiger charge is 2.05. The number of rotatable bonds is 3. The van der Waals surface area contributed by atoms with Gasteiger partial charge in [-0.1, -0.05) is 17.3 Å². The fraction of sp³-hybridized carbons (Fsp3) is 0.200. The molecule has 1 heterocycles. The molecule has 0 N–H and O–H groups in total. The third-order valence-corrected chi connectivity index (χ3v) is 2.42. The molecule has 0 radical (unpaired) electrons. The third-order valence-electron chi connectivity index (χ3n) is 1.90. The van der Waals surface area contributed by atoms with E-state index >= 15 is 0 Å². The molecule has 0 aliphatic rings.